The number of carbonyl (C=O) groups is 3. The van der Waals surface area contributed by atoms with E-state index in [1.807, 2.05) is 0 Å². The Bertz CT molecular complexity index is 1150. The van der Waals surface area contributed by atoms with Crippen LogP contribution in [0.5, 0.6) is 0 Å². The minimum Gasteiger partial charge on any atom is -0.381 e. The second-order valence-corrected chi connectivity index (χ2v) is 10.1. The van der Waals surface area contributed by atoms with Crippen LogP contribution in [0.4, 0.5) is 11.5 Å². The third kappa shape index (κ3) is 4.48. The standard InChI is InChI=1S/C25H32N6O5/c1-14-2-4-15(5-3-14)21(30-22(32)16-13-36-31-19(16)11-26)23(33)29-20-10-18-17(12-27-20)25(24(34)28-18)6-8-35-9-7-25/h10,12-15,21H,2-9,11,26H2,1H3,(H,28,34)(H,30,32)(H,27,29,33)/t14-,15-,21-/m0/s1. The van der Waals surface area contributed by atoms with Gasteiger partial charge in [-0.2, -0.15) is 0 Å². The average molecular weight is 497 g/mol. The zero-order valence-corrected chi connectivity index (χ0v) is 20.3. The summed E-state index contributed by atoms with van der Waals surface area (Å²) in [5.41, 5.74) is 7.08. The quantitative estimate of drug-likeness (QED) is 0.473. The molecule has 0 radical (unpaired) electrons. The first kappa shape index (κ1) is 24.4. The number of hydrogen-bond donors (Lipinski definition) is 4. The molecule has 5 N–H and O–H groups in total. The predicted molar refractivity (Wildman–Crippen MR) is 130 cm³/mol. The van der Waals surface area contributed by atoms with Gasteiger partial charge in [-0.25, -0.2) is 4.98 Å². The molecule has 1 spiro atoms. The molecule has 4 heterocycles. The number of carbonyl (C=O) groups excluding carboxylic acids is 3. The molecular formula is C25H32N6O5. The summed E-state index contributed by atoms with van der Waals surface area (Å²) in [6.45, 7) is 3.29. The average Bonchev–Trinajstić information content (AvgIpc) is 3.46. The molecular weight excluding hydrogens is 464 g/mol. The number of fused-ring (bicyclic) bond motifs is 2. The number of nitrogens with one attached hydrogen (secondary N) is 3. The Morgan fingerprint density at radius 3 is 2.72 bits per heavy atom. The molecule has 1 atom stereocenters. The van der Waals surface area contributed by atoms with E-state index in [0.29, 0.717) is 49.2 Å². The van der Waals surface area contributed by atoms with Crippen molar-refractivity contribution < 1.29 is 23.6 Å². The first-order valence-corrected chi connectivity index (χ1v) is 12.6. The highest BCUT2D eigenvalue weighted by Gasteiger charge is 2.48. The molecule has 3 aliphatic rings. The van der Waals surface area contributed by atoms with E-state index >= 15 is 0 Å². The summed E-state index contributed by atoms with van der Waals surface area (Å²) in [4.78, 5) is 43.7. The van der Waals surface area contributed by atoms with Crippen molar-refractivity contribution in [1.29, 1.82) is 0 Å². The van der Waals surface area contributed by atoms with Crippen molar-refractivity contribution in [2.45, 2.75) is 63.5 Å². The van der Waals surface area contributed by atoms with Gasteiger partial charge >= 0.3 is 0 Å². The van der Waals surface area contributed by atoms with Crippen LogP contribution in [0.1, 0.15) is 67.1 Å². The first-order chi connectivity index (χ1) is 17.4. The van der Waals surface area contributed by atoms with E-state index in [4.69, 9.17) is 15.0 Å². The SMILES string of the molecule is C[C@H]1CC[C@H]([C@H](NC(=O)c2conc2CN)C(=O)Nc2cc3c(cn2)C2(CCOCC2)C(=O)N3)CC1. The molecule has 1 aliphatic carbocycles. The lowest BCUT2D eigenvalue weighted by Crippen LogP contribution is -2.49. The Morgan fingerprint density at radius 1 is 1.25 bits per heavy atom. The molecule has 1 saturated carbocycles. The van der Waals surface area contributed by atoms with Gasteiger partial charge < -0.3 is 30.9 Å². The van der Waals surface area contributed by atoms with Gasteiger partial charge in [-0.1, -0.05) is 24.9 Å². The van der Waals surface area contributed by atoms with Crippen LogP contribution in [0, 0.1) is 11.8 Å². The van der Waals surface area contributed by atoms with E-state index in [1.54, 1.807) is 12.3 Å². The molecule has 2 aromatic rings. The van der Waals surface area contributed by atoms with Crippen LogP contribution in [0.2, 0.25) is 0 Å². The van der Waals surface area contributed by atoms with Crippen molar-refractivity contribution in [2.75, 3.05) is 23.8 Å². The molecule has 0 unspecified atom stereocenters. The van der Waals surface area contributed by atoms with Gasteiger partial charge in [0, 0.05) is 37.6 Å². The van der Waals surface area contributed by atoms with E-state index in [9.17, 15) is 14.4 Å². The second kappa shape index (κ2) is 9.98. The van der Waals surface area contributed by atoms with E-state index in [2.05, 4.69) is 33.0 Å². The lowest BCUT2D eigenvalue weighted by Gasteiger charge is -2.32. The number of nitrogens with zero attached hydrogens (tertiary/aromatic N) is 2. The second-order valence-electron chi connectivity index (χ2n) is 10.1. The molecule has 2 aliphatic heterocycles. The maximum Gasteiger partial charge on any atom is 0.257 e. The first-order valence-electron chi connectivity index (χ1n) is 12.6. The van der Waals surface area contributed by atoms with Crippen molar-refractivity contribution in [1.82, 2.24) is 15.5 Å². The highest BCUT2D eigenvalue weighted by molar-refractivity contribution is 6.07. The maximum absolute atomic E-state index is 13.5. The number of ether oxygens (including phenoxy) is 1. The lowest BCUT2D eigenvalue weighted by atomic mass is 9.76. The van der Waals surface area contributed by atoms with Crippen molar-refractivity contribution in [3.63, 3.8) is 0 Å². The normalized spacial score (nSPS) is 23.6. The fraction of sp³-hybridized carbons (Fsp3) is 0.560. The van der Waals surface area contributed by atoms with Gasteiger partial charge in [0.2, 0.25) is 11.8 Å². The number of pyridine rings is 1. The Balaban J connectivity index is 1.35. The molecule has 1 saturated heterocycles. The number of anilines is 2. The Hall–Kier alpha value is -3.31. The van der Waals surface area contributed by atoms with Crippen LogP contribution in [0.15, 0.2) is 23.0 Å². The third-order valence-corrected chi connectivity index (χ3v) is 7.88. The van der Waals surface area contributed by atoms with E-state index in [-0.39, 0.29) is 29.8 Å². The van der Waals surface area contributed by atoms with Gasteiger partial charge in [-0.05, 0) is 37.5 Å². The Morgan fingerprint density at radius 2 is 2.00 bits per heavy atom. The molecule has 3 amide bonds. The Kier molecular flexibility index (Phi) is 6.76. The van der Waals surface area contributed by atoms with Gasteiger partial charge in [-0.3, -0.25) is 14.4 Å². The van der Waals surface area contributed by atoms with Crippen LogP contribution in [-0.4, -0.2) is 47.1 Å². The van der Waals surface area contributed by atoms with Crippen LogP contribution >= 0.6 is 0 Å². The van der Waals surface area contributed by atoms with Gasteiger partial charge in [-0.15, -0.1) is 0 Å². The van der Waals surface area contributed by atoms with Crippen molar-refractivity contribution in [3.8, 4) is 0 Å². The number of amides is 3. The van der Waals surface area contributed by atoms with E-state index < -0.39 is 17.4 Å². The van der Waals surface area contributed by atoms with E-state index in [1.165, 1.54) is 6.26 Å². The summed E-state index contributed by atoms with van der Waals surface area (Å²) >= 11 is 0. The highest BCUT2D eigenvalue weighted by Crippen LogP contribution is 2.44. The number of hydrogen-bond acceptors (Lipinski definition) is 8. The molecule has 36 heavy (non-hydrogen) atoms. The number of nitrogens with two attached hydrogens (primary N) is 1. The summed E-state index contributed by atoms with van der Waals surface area (Å²) in [6.07, 6.45) is 7.72. The molecule has 11 nitrogen and oxygen atoms in total. The molecule has 2 fully saturated rings. The van der Waals surface area contributed by atoms with Crippen LogP contribution in [0.25, 0.3) is 0 Å². The fourth-order valence-electron chi connectivity index (χ4n) is 5.62. The van der Waals surface area contributed by atoms with Crippen LogP contribution in [0.3, 0.4) is 0 Å². The van der Waals surface area contributed by atoms with Gasteiger partial charge in [0.1, 0.15) is 29.4 Å². The monoisotopic (exact) mass is 496 g/mol. The number of aromatic nitrogens is 2. The summed E-state index contributed by atoms with van der Waals surface area (Å²) in [5, 5.41) is 12.5. The molecule has 5 rings (SSSR count). The largest absolute Gasteiger partial charge is 0.381 e. The van der Waals surface area contributed by atoms with E-state index in [0.717, 1.165) is 31.2 Å². The molecule has 0 aromatic carbocycles. The summed E-state index contributed by atoms with van der Waals surface area (Å²) in [5.74, 6) is 0.0153. The van der Waals surface area contributed by atoms with Crippen molar-refractivity contribution in [2.24, 2.45) is 17.6 Å². The smallest absolute Gasteiger partial charge is 0.257 e. The lowest BCUT2D eigenvalue weighted by molar-refractivity contribution is -0.124. The van der Waals surface area contributed by atoms with Gasteiger partial charge in [0.05, 0.1) is 11.1 Å². The zero-order chi connectivity index (χ0) is 25.3. The summed E-state index contributed by atoms with van der Waals surface area (Å²) < 4.78 is 10.4. The van der Waals surface area contributed by atoms with Crippen molar-refractivity contribution >= 4 is 29.2 Å². The molecule has 0 bridgehead atoms. The Labute approximate surface area is 208 Å². The van der Waals surface area contributed by atoms with Crippen LogP contribution in [-0.2, 0) is 26.3 Å². The number of rotatable bonds is 6. The fourth-order valence-corrected chi connectivity index (χ4v) is 5.62. The minimum absolute atomic E-state index is 0.0222. The van der Waals surface area contributed by atoms with Gasteiger partial charge in [0.25, 0.3) is 5.91 Å². The molecule has 192 valence electrons. The topological polar surface area (TPSA) is 161 Å². The predicted octanol–water partition coefficient (Wildman–Crippen LogP) is 2.09. The van der Waals surface area contributed by atoms with Crippen molar-refractivity contribution in [3.05, 3.63) is 35.3 Å². The molecule has 11 heteroatoms. The molecule has 2 aromatic heterocycles. The highest BCUT2D eigenvalue weighted by atomic mass is 16.5. The summed E-state index contributed by atoms with van der Waals surface area (Å²) in [7, 11) is 0. The van der Waals surface area contributed by atoms with Gasteiger partial charge in [0.15, 0.2) is 0 Å². The maximum atomic E-state index is 13.5. The zero-order valence-electron chi connectivity index (χ0n) is 20.3. The summed E-state index contributed by atoms with van der Waals surface area (Å²) in [6, 6.07) is 0.918. The third-order valence-electron chi connectivity index (χ3n) is 7.88. The minimum atomic E-state index is -0.767. The van der Waals surface area contributed by atoms with Crippen LogP contribution < -0.4 is 21.7 Å².